The number of aromatic nitrogens is 1. The predicted octanol–water partition coefficient (Wildman–Crippen LogP) is 3.86. The Morgan fingerprint density at radius 2 is 1.72 bits per heavy atom. The van der Waals surface area contributed by atoms with E-state index in [9.17, 15) is 9.59 Å². The number of likely N-dealkylation sites (tertiary alicyclic amines) is 1. The highest BCUT2D eigenvalue weighted by Crippen LogP contribution is 2.18. The Balaban J connectivity index is 1.71. The van der Waals surface area contributed by atoms with Crippen molar-refractivity contribution in [1.82, 2.24) is 9.88 Å². The second-order valence-electron chi connectivity index (χ2n) is 6.34. The molecule has 3 rings (SSSR count). The van der Waals surface area contributed by atoms with Gasteiger partial charge in [-0.05, 0) is 55.2 Å². The number of benzene rings is 1. The van der Waals surface area contributed by atoms with E-state index >= 15 is 0 Å². The fraction of sp³-hybridized carbons (Fsp3) is 0.316. The minimum Gasteiger partial charge on any atom is -0.337 e. The Morgan fingerprint density at radius 3 is 2.40 bits per heavy atom. The summed E-state index contributed by atoms with van der Waals surface area (Å²) in [5, 5.41) is 3.35. The quantitative estimate of drug-likeness (QED) is 0.907. The Labute approximate surface area is 152 Å². The third-order valence-electron chi connectivity index (χ3n) is 4.37. The lowest BCUT2D eigenvalue weighted by atomic mass is 9.99. The minimum atomic E-state index is -0.357. The third-order valence-corrected chi connectivity index (χ3v) is 4.63. The van der Waals surface area contributed by atoms with Crippen molar-refractivity contribution >= 4 is 29.1 Å². The molecule has 0 atom stereocenters. The maximum atomic E-state index is 12.6. The highest BCUT2D eigenvalue weighted by Gasteiger charge is 2.23. The van der Waals surface area contributed by atoms with Gasteiger partial charge in [-0.1, -0.05) is 24.6 Å². The van der Waals surface area contributed by atoms with Crippen molar-refractivity contribution in [2.24, 2.45) is 5.92 Å². The van der Waals surface area contributed by atoms with Crippen LogP contribution >= 0.6 is 11.6 Å². The van der Waals surface area contributed by atoms with E-state index in [1.807, 2.05) is 4.90 Å². The second kappa shape index (κ2) is 7.66. The zero-order chi connectivity index (χ0) is 17.8. The molecule has 1 aromatic heterocycles. The summed E-state index contributed by atoms with van der Waals surface area (Å²) in [6.07, 6.45) is 2.00. The van der Waals surface area contributed by atoms with Gasteiger partial charge in [-0.3, -0.25) is 9.59 Å². The van der Waals surface area contributed by atoms with Crippen LogP contribution in [0.25, 0.3) is 0 Å². The number of halogens is 1. The molecule has 25 heavy (non-hydrogen) atoms. The SMILES string of the molecule is CC1CCN(C(=O)c2cccc(C(=O)Nc3ccc(Cl)cc3)n2)CC1. The van der Waals surface area contributed by atoms with E-state index in [-0.39, 0.29) is 17.5 Å². The van der Waals surface area contributed by atoms with Crippen LogP contribution in [0.3, 0.4) is 0 Å². The normalized spacial score (nSPS) is 15.0. The number of nitrogens with one attached hydrogen (secondary N) is 1. The number of piperidine rings is 1. The fourth-order valence-electron chi connectivity index (χ4n) is 2.78. The maximum Gasteiger partial charge on any atom is 0.274 e. The van der Waals surface area contributed by atoms with Crippen molar-refractivity contribution in [2.75, 3.05) is 18.4 Å². The highest BCUT2D eigenvalue weighted by atomic mass is 35.5. The molecule has 2 heterocycles. The van der Waals surface area contributed by atoms with Crippen molar-refractivity contribution in [1.29, 1.82) is 0 Å². The maximum absolute atomic E-state index is 12.6. The monoisotopic (exact) mass is 357 g/mol. The number of nitrogens with zero attached hydrogens (tertiary/aromatic N) is 2. The molecule has 0 spiro atoms. The van der Waals surface area contributed by atoms with Crippen LogP contribution in [0.4, 0.5) is 5.69 Å². The molecule has 1 fully saturated rings. The first kappa shape index (κ1) is 17.4. The third kappa shape index (κ3) is 4.37. The molecule has 0 radical (unpaired) electrons. The lowest BCUT2D eigenvalue weighted by Gasteiger charge is -2.30. The fourth-order valence-corrected chi connectivity index (χ4v) is 2.91. The first-order chi connectivity index (χ1) is 12.0. The molecule has 1 aliphatic rings. The summed E-state index contributed by atoms with van der Waals surface area (Å²) in [6.45, 7) is 3.67. The van der Waals surface area contributed by atoms with Crippen LogP contribution in [0.5, 0.6) is 0 Å². The summed E-state index contributed by atoms with van der Waals surface area (Å²) in [6, 6.07) is 11.8. The van der Waals surface area contributed by atoms with Gasteiger partial charge in [0.1, 0.15) is 11.4 Å². The van der Waals surface area contributed by atoms with Gasteiger partial charge in [0.2, 0.25) is 0 Å². The van der Waals surface area contributed by atoms with Crippen molar-refractivity contribution < 1.29 is 9.59 Å². The topological polar surface area (TPSA) is 62.3 Å². The van der Waals surface area contributed by atoms with Crippen molar-refractivity contribution in [2.45, 2.75) is 19.8 Å². The van der Waals surface area contributed by atoms with E-state index in [0.29, 0.717) is 22.3 Å². The molecular weight excluding hydrogens is 338 g/mol. The molecule has 1 aliphatic heterocycles. The van der Waals surface area contributed by atoms with Crippen molar-refractivity contribution in [3.05, 3.63) is 58.9 Å². The molecule has 2 amide bonds. The second-order valence-corrected chi connectivity index (χ2v) is 6.78. The van der Waals surface area contributed by atoms with Crippen LogP contribution in [0.15, 0.2) is 42.5 Å². The van der Waals surface area contributed by atoms with E-state index in [4.69, 9.17) is 11.6 Å². The van der Waals surface area contributed by atoms with E-state index in [1.54, 1.807) is 42.5 Å². The zero-order valence-corrected chi connectivity index (χ0v) is 14.8. The average Bonchev–Trinajstić information content (AvgIpc) is 2.64. The molecule has 130 valence electrons. The number of carbonyl (C=O) groups is 2. The molecule has 1 saturated heterocycles. The van der Waals surface area contributed by atoms with Crippen molar-refractivity contribution in [3.63, 3.8) is 0 Å². The number of hydrogen-bond acceptors (Lipinski definition) is 3. The Hall–Kier alpha value is -2.40. The molecule has 0 bridgehead atoms. The van der Waals surface area contributed by atoms with Gasteiger partial charge in [0.05, 0.1) is 0 Å². The van der Waals surface area contributed by atoms with Crippen molar-refractivity contribution in [3.8, 4) is 0 Å². The summed E-state index contributed by atoms with van der Waals surface area (Å²) in [5.41, 5.74) is 1.14. The molecule has 5 nitrogen and oxygen atoms in total. The van der Waals surface area contributed by atoms with E-state index < -0.39 is 0 Å². The number of amides is 2. The van der Waals surface area contributed by atoms with E-state index in [2.05, 4.69) is 17.2 Å². The lowest BCUT2D eigenvalue weighted by molar-refractivity contribution is 0.0691. The number of anilines is 1. The van der Waals surface area contributed by atoms with Gasteiger partial charge in [0.15, 0.2) is 0 Å². The summed E-state index contributed by atoms with van der Waals surface area (Å²) in [5.74, 6) is 0.172. The van der Waals surface area contributed by atoms with E-state index in [1.165, 1.54) is 0 Å². The molecule has 1 aromatic carbocycles. The van der Waals surface area contributed by atoms with Gasteiger partial charge in [-0.25, -0.2) is 4.98 Å². The van der Waals surface area contributed by atoms with Crippen LogP contribution < -0.4 is 5.32 Å². The molecule has 0 saturated carbocycles. The zero-order valence-electron chi connectivity index (χ0n) is 14.0. The number of hydrogen-bond donors (Lipinski definition) is 1. The van der Waals surface area contributed by atoms with Crippen LogP contribution in [0, 0.1) is 5.92 Å². The van der Waals surface area contributed by atoms with E-state index in [0.717, 1.165) is 25.9 Å². The first-order valence-electron chi connectivity index (χ1n) is 8.36. The average molecular weight is 358 g/mol. The Morgan fingerprint density at radius 1 is 1.08 bits per heavy atom. The standard InChI is InChI=1S/C19H20ClN3O2/c1-13-9-11-23(12-10-13)19(25)17-4-2-3-16(22-17)18(24)21-15-7-5-14(20)6-8-15/h2-8,13H,9-12H2,1H3,(H,21,24). The highest BCUT2D eigenvalue weighted by molar-refractivity contribution is 6.30. The first-order valence-corrected chi connectivity index (χ1v) is 8.74. The molecular formula is C19H20ClN3O2. The summed E-state index contributed by atoms with van der Waals surface area (Å²) in [7, 11) is 0. The molecule has 6 heteroatoms. The molecule has 1 N–H and O–H groups in total. The number of carbonyl (C=O) groups excluding carboxylic acids is 2. The van der Waals surface area contributed by atoms with Gasteiger partial charge in [-0.15, -0.1) is 0 Å². The van der Waals surface area contributed by atoms with Gasteiger partial charge in [-0.2, -0.15) is 0 Å². The molecule has 0 unspecified atom stereocenters. The van der Waals surface area contributed by atoms with Crippen LogP contribution in [-0.4, -0.2) is 34.8 Å². The predicted molar refractivity (Wildman–Crippen MR) is 97.9 cm³/mol. The van der Waals surface area contributed by atoms with Gasteiger partial charge in [0, 0.05) is 23.8 Å². The van der Waals surface area contributed by atoms with Gasteiger partial charge >= 0.3 is 0 Å². The summed E-state index contributed by atoms with van der Waals surface area (Å²) >= 11 is 5.84. The summed E-state index contributed by atoms with van der Waals surface area (Å²) in [4.78, 5) is 31.0. The van der Waals surface area contributed by atoms with Gasteiger partial charge < -0.3 is 10.2 Å². The van der Waals surface area contributed by atoms with Gasteiger partial charge in [0.25, 0.3) is 11.8 Å². The lowest BCUT2D eigenvalue weighted by Crippen LogP contribution is -2.38. The number of pyridine rings is 1. The van der Waals surface area contributed by atoms with Crippen LogP contribution in [0.1, 0.15) is 40.7 Å². The minimum absolute atomic E-state index is 0.118. The Kier molecular flexibility index (Phi) is 5.34. The smallest absolute Gasteiger partial charge is 0.274 e. The number of rotatable bonds is 3. The Bertz CT molecular complexity index is 768. The summed E-state index contributed by atoms with van der Waals surface area (Å²) < 4.78 is 0. The molecule has 2 aromatic rings. The molecule has 0 aliphatic carbocycles. The van der Waals surface area contributed by atoms with Crippen LogP contribution in [-0.2, 0) is 0 Å². The van der Waals surface area contributed by atoms with Crippen LogP contribution in [0.2, 0.25) is 5.02 Å². The largest absolute Gasteiger partial charge is 0.337 e.